The second kappa shape index (κ2) is 3.31. The van der Waals surface area contributed by atoms with Crippen LogP contribution in [0.5, 0.6) is 0 Å². The smallest absolute Gasteiger partial charge is 0.168 e. The molecule has 76 valence electrons. The molecule has 2 heterocycles. The molecule has 0 atom stereocenters. The Kier molecular flexibility index (Phi) is 1.95. The number of aldehydes is 1. The summed E-state index contributed by atoms with van der Waals surface area (Å²) >= 11 is 1.65. The summed E-state index contributed by atoms with van der Waals surface area (Å²) < 4.78 is 1.87. The molecule has 3 nitrogen and oxygen atoms in total. The largest absolute Gasteiger partial charge is 0.296 e. The standard InChI is InChI=1S/C11H10N2OS/c14-6-9-11(8-3-1-2-4-8)15-10-5-12-7-13(9)10/h3,5-7H,1-2,4H2. The normalized spacial score (nSPS) is 15.9. The van der Waals surface area contributed by atoms with E-state index in [0.29, 0.717) is 0 Å². The summed E-state index contributed by atoms with van der Waals surface area (Å²) in [5.41, 5.74) is 2.08. The topological polar surface area (TPSA) is 34.4 Å². The van der Waals surface area contributed by atoms with Crippen LogP contribution in [0.4, 0.5) is 0 Å². The summed E-state index contributed by atoms with van der Waals surface area (Å²) in [4.78, 5) is 17.3. The molecule has 0 bridgehead atoms. The van der Waals surface area contributed by atoms with Gasteiger partial charge in [-0.2, -0.15) is 0 Å². The minimum Gasteiger partial charge on any atom is -0.296 e. The van der Waals surface area contributed by atoms with E-state index in [0.717, 1.165) is 34.5 Å². The molecule has 0 N–H and O–H groups in total. The van der Waals surface area contributed by atoms with Crippen molar-refractivity contribution in [1.29, 1.82) is 0 Å². The van der Waals surface area contributed by atoms with Gasteiger partial charge in [0.15, 0.2) is 6.29 Å². The Morgan fingerprint density at radius 3 is 3.20 bits per heavy atom. The molecule has 0 radical (unpaired) electrons. The van der Waals surface area contributed by atoms with E-state index in [1.807, 2.05) is 4.40 Å². The molecule has 0 aromatic carbocycles. The second-order valence-corrected chi connectivity index (χ2v) is 4.69. The Balaban J connectivity index is 2.24. The maximum absolute atomic E-state index is 11.1. The molecule has 1 aliphatic carbocycles. The fraction of sp³-hybridized carbons (Fsp3) is 0.273. The molecule has 4 heteroatoms. The van der Waals surface area contributed by atoms with Crippen LogP contribution < -0.4 is 0 Å². The lowest BCUT2D eigenvalue weighted by atomic mass is 10.2. The molecule has 2 aromatic rings. The van der Waals surface area contributed by atoms with Gasteiger partial charge in [0.2, 0.25) is 0 Å². The van der Waals surface area contributed by atoms with Crippen LogP contribution in [0.15, 0.2) is 18.6 Å². The Labute approximate surface area is 91.1 Å². The van der Waals surface area contributed by atoms with Crippen molar-refractivity contribution in [3.8, 4) is 0 Å². The van der Waals surface area contributed by atoms with E-state index >= 15 is 0 Å². The number of hydrogen-bond acceptors (Lipinski definition) is 3. The summed E-state index contributed by atoms with van der Waals surface area (Å²) in [6.45, 7) is 0. The molecule has 0 amide bonds. The molecule has 0 saturated carbocycles. The summed E-state index contributed by atoms with van der Waals surface area (Å²) in [6.07, 6.45) is 10.1. The summed E-state index contributed by atoms with van der Waals surface area (Å²) in [5, 5.41) is 0. The lowest BCUT2D eigenvalue weighted by molar-refractivity contribution is 0.111. The molecule has 0 aliphatic heterocycles. The van der Waals surface area contributed by atoms with Crippen molar-refractivity contribution in [1.82, 2.24) is 9.38 Å². The highest BCUT2D eigenvalue weighted by Gasteiger charge is 2.17. The molecule has 0 saturated heterocycles. The van der Waals surface area contributed by atoms with Gasteiger partial charge in [0.1, 0.15) is 16.9 Å². The highest BCUT2D eigenvalue weighted by Crippen LogP contribution is 2.35. The van der Waals surface area contributed by atoms with E-state index in [2.05, 4.69) is 11.1 Å². The van der Waals surface area contributed by atoms with Crippen LogP contribution in [0.3, 0.4) is 0 Å². The average Bonchev–Trinajstić information content (AvgIpc) is 2.93. The third kappa shape index (κ3) is 1.25. The number of carbonyl (C=O) groups excluding carboxylic acids is 1. The molecule has 0 fully saturated rings. The zero-order valence-electron chi connectivity index (χ0n) is 8.14. The lowest BCUT2D eigenvalue weighted by Crippen LogP contribution is -1.91. The first-order valence-electron chi connectivity index (χ1n) is 4.99. The molecule has 2 aromatic heterocycles. The van der Waals surface area contributed by atoms with Gasteiger partial charge in [0.25, 0.3) is 0 Å². The first-order chi connectivity index (χ1) is 7.40. The van der Waals surface area contributed by atoms with Crippen LogP contribution in [0.25, 0.3) is 10.4 Å². The molecule has 1 aliphatic rings. The number of carbonyl (C=O) groups is 1. The van der Waals surface area contributed by atoms with Crippen molar-refractivity contribution < 1.29 is 4.79 Å². The van der Waals surface area contributed by atoms with E-state index in [-0.39, 0.29) is 0 Å². The number of thiazole rings is 1. The van der Waals surface area contributed by atoms with Crippen LogP contribution in [0.2, 0.25) is 0 Å². The number of allylic oxidation sites excluding steroid dienone is 2. The van der Waals surface area contributed by atoms with E-state index in [4.69, 9.17) is 0 Å². The van der Waals surface area contributed by atoms with Crippen LogP contribution in [-0.4, -0.2) is 15.7 Å². The highest BCUT2D eigenvalue weighted by molar-refractivity contribution is 7.18. The summed E-state index contributed by atoms with van der Waals surface area (Å²) in [7, 11) is 0. The van der Waals surface area contributed by atoms with Gasteiger partial charge in [0, 0.05) is 0 Å². The summed E-state index contributed by atoms with van der Waals surface area (Å²) in [5.74, 6) is 0. The highest BCUT2D eigenvalue weighted by atomic mass is 32.1. The number of nitrogens with zero attached hydrogens (tertiary/aromatic N) is 2. The maximum Gasteiger partial charge on any atom is 0.168 e. The maximum atomic E-state index is 11.1. The quantitative estimate of drug-likeness (QED) is 0.726. The number of aromatic nitrogens is 2. The van der Waals surface area contributed by atoms with Gasteiger partial charge >= 0.3 is 0 Å². The predicted octanol–water partition coefficient (Wildman–Crippen LogP) is 2.78. The Bertz CT molecular complexity index is 550. The zero-order valence-corrected chi connectivity index (χ0v) is 8.96. The Hall–Kier alpha value is -1.42. The van der Waals surface area contributed by atoms with Crippen molar-refractivity contribution in [3.63, 3.8) is 0 Å². The number of rotatable bonds is 2. The molecule has 0 unspecified atom stereocenters. The summed E-state index contributed by atoms with van der Waals surface area (Å²) in [6, 6.07) is 0. The number of imidazole rings is 1. The van der Waals surface area contributed by atoms with Crippen molar-refractivity contribution >= 4 is 28.0 Å². The molecular weight excluding hydrogens is 208 g/mol. The predicted molar refractivity (Wildman–Crippen MR) is 60.3 cm³/mol. The van der Waals surface area contributed by atoms with E-state index in [1.54, 1.807) is 23.9 Å². The van der Waals surface area contributed by atoms with Crippen molar-refractivity contribution in [2.75, 3.05) is 0 Å². The van der Waals surface area contributed by atoms with Gasteiger partial charge in [0.05, 0.1) is 11.1 Å². The fourth-order valence-corrected chi connectivity index (χ4v) is 3.16. The minimum absolute atomic E-state index is 0.751. The van der Waals surface area contributed by atoms with Crippen LogP contribution in [-0.2, 0) is 0 Å². The van der Waals surface area contributed by atoms with Gasteiger partial charge in [-0.1, -0.05) is 6.08 Å². The van der Waals surface area contributed by atoms with Gasteiger partial charge in [-0.05, 0) is 24.8 Å². The number of hydrogen-bond donors (Lipinski definition) is 0. The van der Waals surface area contributed by atoms with Crippen molar-refractivity contribution in [2.45, 2.75) is 19.3 Å². The van der Waals surface area contributed by atoms with Crippen LogP contribution >= 0.6 is 11.3 Å². The fourth-order valence-electron chi connectivity index (χ4n) is 2.02. The van der Waals surface area contributed by atoms with Crippen molar-refractivity contribution in [3.05, 3.63) is 29.2 Å². The van der Waals surface area contributed by atoms with Gasteiger partial charge in [-0.25, -0.2) is 4.98 Å². The Morgan fingerprint density at radius 2 is 2.47 bits per heavy atom. The second-order valence-electron chi connectivity index (χ2n) is 3.66. The molecule has 3 rings (SSSR count). The third-order valence-electron chi connectivity index (χ3n) is 2.75. The first-order valence-corrected chi connectivity index (χ1v) is 5.81. The van der Waals surface area contributed by atoms with E-state index < -0.39 is 0 Å². The van der Waals surface area contributed by atoms with Crippen molar-refractivity contribution in [2.24, 2.45) is 0 Å². The monoisotopic (exact) mass is 218 g/mol. The van der Waals surface area contributed by atoms with E-state index in [1.165, 1.54) is 12.0 Å². The third-order valence-corrected chi connectivity index (χ3v) is 3.93. The minimum atomic E-state index is 0.751. The van der Waals surface area contributed by atoms with E-state index in [9.17, 15) is 4.79 Å². The first kappa shape index (κ1) is 8.85. The zero-order chi connectivity index (χ0) is 10.3. The lowest BCUT2D eigenvalue weighted by Gasteiger charge is -1.97. The van der Waals surface area contributed by atoms with Gasteiger partial charge in [-0.15, -0.1) is 11.3 Å². The Morgan fingerprint density at radius 1 is 1.53 bits per heavy atom. The molecular formula is C11H10N2OS. The molecule has 0 spiro atoms. The van der Waals surface area contributed by atoms with Gasteiger partial charge < -0.3 is 0 Å². The van der Waals surface area contributed by atoms with Crippen LogP contribution in [0, 0.1) is 0 Å². The van der Waals surface area contributed by atoms with Gasteiger partial charge in [-0.3, -0.25) is 9.20 Å². The average molecular weight is 218 g/mol. The molecule has 15 heavy (non-hydrogen) atoms. The number of fused-ring (bicyclic) bond motifs is 1. The SMILES string of the molecule is O=Cc1c(C2=CCCC2)sc2cncn12. The van der Waals surface area contributed by atoms with Crippen LogP contribution in [0.1, 0.15) is 34.6 Å².